The second-order valence-electron chi connectivity index (χ2n) is 3.79. The lowest BCUT2D eigenvalue weighted by molar-refractivity contribution is 0.182. The van der Waals surface area contributed by atoms with E-state index in [0.717, 1.165) is 5.01 Å². The second kappa shape index (κ2) is 6.62. The van der Waals surface area contributed by atoms with Gasteiger partial charge in [0.05, 0.1) is 11.8 Å². The van der Waals surface area contributed by atoms with Crippen molar-refractivity contribution >= 4 is 17.6 Å². The number of hydrogen-bond donors (Lipinski definition) is 1. The minimum Gasteiger partial charge on any atom is -0.334 e. The predicted molar refractivity (Wildman–Crippen MR) is 58.9 cm³/mol. The summed E-state index contributed by atoms with van der Waals surface area (Å²) < 4.78 is 12.8. The number of rotatable bonds is 4. The first-order valence-corrected chi connectivity index (χ1v) is 5.82. The normalized spacial score (nSPS) is 24.9. The van der Waals surface area contributed by atoms with Crippen LogP contribution in [0.25, 0.3) is 0 Å². The second-order valence-corrected chi connectivity index (χ2v) is 4.17. The van der Waals surface area contributed by atoms with E-state index in [-0.39, 0.29) is 18.5 Å². The molecule has 7 heteroatoms. The van der Waals surface area contributed by atoms with Crippen LogP contribution in [0.5, 0.6) is 0 Å². The van der Waals surface area contributed by atoms with Crippen LogP contribution >= 0.6 is 11.6 Å². The molecule has 0 atom stereocenters. The van der Waals surface area contributed by atoms with Gasteiger partial charge in [-0.05, 0) is 25.7 Å². The van der Waals surface area contributed by atoms with E-state index in [1.165, 1.54) is 0 Å². The number of nitrogens with zero attached hydrogens (tertiary/aromatic N) is 2. The lowest BCUT2D eigenvalue weighted by atomic mass is 9.94. The first-order valence-electron chi connectivity index (χ1n) is 5.28. The molecule has 0 aliphatic heterocycles. The van der Waals surface area contributed by atoms with Gasteiger partial charge < -0.3 is 5.32 Å². The van der Waals surface area contributed by atoms with Crippen LogP contribution in [0, 0.1) is 4.91 Å². The number of nitroso groups, excluding NO2 is 1. The van der Waals surface area contributed by atoms with Crippen molar-refractivity contribution in [2.45, 2.75) is 37.9 Å². The molecule has 0 aromatic heterocycles. The molecule has 0 spiro atoms. The minimum absolute atomic E-state index is 0.0703. The molecule has 1 aliphatic rings. The highest BCUT2D eigenvalue weighted by molar-refractivity contribution is 6.18. The summed E-state index contributed by atoms with van der Waals surface area (Å²) in [6, 6.07) is -0.628. The van der Waals surface area contributed by atoms with E-state index in [9.17, 15) is 14.1 Å². The van der Waals surface area contributed by atoms with E-state index < -0.39 is 12.2 Å². The number of carbonyl (C=O) groups is 1. The number of amides is 2. The first kappa shape index (κ1) is 13.2. The fourth-order valence-electron chi connectivity index (χ4n) is 1.71. The van der Waals surface area contributed by atoms with Crippen molar-refractivity contribution in [1.29, 1.82) is 0 Å². The maximum Gasteiger partial charge on any atom is 0.340 e. The van der Waals surface area contributed by atoms with Gasteiger partial charge in [0.2, 0.25) is 0 Å². The topological polar surface area (TPSA) is 61.8 Å². The number of hydrogen-bond acceptors (Lipinski definition) is 3. The fraction of sp³-hybridized carbons (Fsp3) is 0.889. The molecule has 16 heavy (non-hydrogen) atoms. The zero-order valence-corrected chi connectivity index (χ0v) is 9.62. The van der Waals surface area contributed by atoms with Gasteiger partial charge in [0, 0.05) is 11.9 Å². The molecule has 0 unspecified atom stereocenters. The molecular formula is C9H15ClFN3O2. The highest BCUT2D eigenvalue weighted by atomic mass is 35.5. The molecule has 1 fully saturated rings. The molecule has 0 radical (unpaired) electrons. The van der Waals surface area contributed by atoms with Crippen molar-refractivity contribution < 1.29 is 9.18 Å². The van der Waals surface area contributed by atoms with Gasteiger partial charge in [-0.2, -0.15) is 5.01 Å². The Morgan fingerprint density at radius 1 is 1.44 bits per heavy atom. The van der Waals surface area contributed by atoms with Gasteiger partial charge in [-0.1, -0.05) is 0 Å². The zero-order chi connectivity index (χ0) is 12.0. The van der Waals surface area contributed by atoms with Gasteiger partial charge in [-0.25, -0.2) is 9.18 Å². The third-order valence-corrected chi connectivity index (χ3v) is 2.78. The summed E-state index contributed by atoms with van der Waals surface area (Å²) >= 11 is 5.41. The van der Waals surface area contributed by atoms with E-state index >= 15 is 0 Å². The monoisotopic (exact) mass is 251 g/mol. The molecular weight excluding hydrogens is 237 g/mol. The third-order valence-electron chi connectivity index (χ3n) is 2.61. The Labute approximate surface area is 98.3 Å². The molecule has 1 saturated carbocycles. The Bertz CT molecular complexity index is 247. The number of alkyl halides is 2. The van der Waals surface area contributed by atoms with Crippen molar-refractivity contribution in [3.8, 4) is 0 Å². The number of halogens is 2. The number of urea groups is 1. The van der Waals surface area contributed by atoms with Crippen LogP contribution in [-0.4, -0.2) is 35.7 Å². The molecule has 92 valence electrons. The third kappa shape index (κ3) is 3.92. The van der Waals surface area contributed by atoms with Crippen LogP contribution in [0.4, 0.5) is 9.18 Å². The van der Waals surface area contributed by atoms with Gasteiger partial charge in [-0.3, -0.25) is 0 Å². The van der Waals surface area contributed by atoms with E-state index in [4.69, 9.17) is 11.6 Å². The van der Waals surface area contributed by atoms with Gasteiger partial charge in [-0.15, -0.1) is 16.5 Å². The van der Waals surface area contributed by atoms with Gasteiger partial charge >= 0.3 is 6.03 Å². The Morgan fingerprint density at radius 3 is 2.56 bits per heavy atom. The zero-order valence-electron chi connectivity index (χ0n) is 8.86. The average molecular weight is 252 g/mol. The van der Waals surface area contributed by atoms with Crippen LogP contribution in [0.3, 0.4) is 0 Å². The summed E-state index contributed by atoms with van der Waals surface area (Å²) in [5.74, 6) is 0.149. The molecule has 1 N–H and O–H groups in total. The van der Waals surface area contributed by atoms with Gasteiger partial charge in [0.15, 0.2) is 0 Å². The largest absolute Gasteiger partial charge is 0.340 e. The smallest absolute Gasteiger partial charge is 0.334 e. The Morgan fingerprint density at radius 2 is 2.06 bits per heavy atom. The minimum atomic E-state index is -0.767. The summed E-state index contributed by atoms with van der Waals surface area (Å²) in [5.41, 5.74) is 0. The average Bonchev–Trinajstić information content (AvgIpc) is 2.29. The highest BCUT2D eigenvalue weighted by Gasteiger charge is 2.24. The number of nitrogens with one attached hydrogen (secondary N) is 1. The van der Waals surface area contributed by atoms with E-state index in [1.54, 1.807) is 0 Å². The fourth-order valence-corrected chi connectivity index (χ4v) is 1.87. The van der Waals surface area contributed by atoms with Crippen molar-refractivity contribution in [1.82, 2.24) is 10.3 Å². The quantitative estimate of drug-likeness (QED) is 0.473. The summed E-state index contributed by atoms with van der Waals surface area (Å²) in [4.78, 5) is 21.8. The van der Waals surface area contributed by atoms with E-state index in [0.29, 0.717) is 25.7 Å². The highest BCUT2D eigenvalue weighted by Crippen LogP contribution is 2.21. The summed E-state index contributed by atoms with van der Waals surface area (Å²) in [5, 5.41) is 5.96. The molecule has 2 amide bonds. The Balaban J connectivity index is 2.35. The first-order chi connectivity index (χ1) is 7.67. The van der Waals surface area contributed by atoms with E-state index in [1.807, 2.05) is 0 Å². The molecule has 5 nitrogen and oxygen atoms in total. The van der Waals surface area contributed by atoms with Crippen LogP contribution in [-0.2, 0) is 0 Å². The van der Waals surface area contributed by atoms with Gasteiger partial charge in [0.25, 0.3) is 0 Å². The van der Waals surface area contributed by atoms with Crippen molar-refractivity contribution in [3.63, 3.8) is 0 Å². The van der Waals surface area contributed by atoms with Gasteiger partial charge in [0.1, 0.15) is 6.17 Å². The molecule has 0 aromatic carbocycles. The Kier molecular flexibility index (Phi) is 5.45. The SMILES string of the molecule is O=NN(CCCl)C(=O)NC1CCC(F)CC1. The molecule has 0 saturated heterocycles. The molecule has 0 bridgehead atoms. The standard InChI is InChI=1S/C9H15ClFN3O2/c10-5-6-14(13-16)9(15)12-8-3-1-7(11)2-4-8/h7-8H,1-6H2,(H,12,15). The summed E-state index contributed by atoms with van der Waals surface area (Å²) in [7, 11) is 0. The van der Waals surface area contributed by atoms with Crippen molar-refractivity contribution in [2.24, 2.45) is 5.29 Å². The lowest BCUT2D eigenvalue weighted by Crippen LogP contribution is -2.44. The van der Waals surface area contributed by atoms with Crippen molar-refractivity contribution in [3.05, 3.63) is 4.91 Å². The Hall–Kier alpha value is -0.910. The van der Waals surface area contributed by atoms with Crippen LogP contribution in [0.15, 0.2) is 5.29 Å². The van der Waals surface area contributed by atoms with Crippen LogP contribution in [0.2, 0.25) is 0 Å². The molecule has 0 aromatic rings. The molecule has 1 aliphatic carbocycles. The van der Waals surface area contributed by atoms with Crippen LogP contribution < -0.4 is 5.32 Å². The maximum absolute atomic E-state index is 12.8. The maximum atomic E-state index is 12.8. The van der Waals surface area contributed by atoms with Crippen LogP contribution in [0.1, 0.15) is 25.7 Å². The lowest BCUT2D eigenvalue weighted by Gasteiger charge is -2.26. The predicted octanol–water partition coefficient (Wildman–Crippen LogP) is 2.20. The summed E-state index contributed by atoms with van der Waals surface area (Å²) in [6.07, 6.45) is 1.33. The van der Waals surface area contributed by atoms with E-state index in [2.05, 4.69) is 10.6 Å². The summed E-state index contributed by atoms with van der Waals surface area (Å²) in [6.45, 7) is 0.0787. The van der Waals surface area contributed by atoms with Crippen molar-refractivity contribution in [2.75, 3.05) is 12.4 Å². The molecule has 1 rings (SSSR count). The number of carbonyl (C=O) groups excluding carboxylic acids is 1. The molecule has 0 heterocycles.